The number of carbonyl (C=O) groups is 2. The second-order valence-electron chi connectivity index (χ2n) is 9.97. The minimum absolute atomic E-state index is 0.0106. The maximum Gasteiger partial charge on any atom is 0.416 e. The van der Waals surface area contributed by atoms with Crippen LogP contribution in [0.1, 0.15) is 22.3 Å². The van der Waals surface area contributed by atoms with Crippen LogP contribution in [0.15, 0.2) is 60.2 Å². The number of aliphatic hydroxyl groups is 2. The normalized spacial score (nSPS) is 21.4. The van der Waals surface area contributed by atoms with Crippen molar-refractivity contribution in [2.75, 3.05) is 52.5 Å². The van der Waals surface area contributed by atoms with E-state index in [1.807, 2.05) is 12.1 Å². The first-order valence-corrected chi connectivity index (χ1v) is 14.6. The van der Waals surface area contributed by atoms with Gasteiger partial charge in [-0.1, -0.05) is 12.1 Å². The zero-order chi connectivity index (χ0) is 30.3. The second kappa shape index (κ2) is 14.6. The smallest absolute Gasteiger partial charge is 0.416 e. The molecule has 1 aliphatic carbocycles. The van der Waals surface area contributed by atoms with E-state index in [4.69, 9.17) is 9.47 Å². The average Bonchev–Trinajstić information content (AvgIpc) is 2.98. The molecule has 228 valence electrons. The van der Waals surface area contributed by atoms with Crippen molar-refractivity contribution in [2.45, 2.75) is 30.8 Å². The summed E-state index contributed by atoms with van der Waals surface area (Å²) in [5.74, 6) is -0.582. The van der Waals surface area contributed by atoms with Gasteiger partial charge in [0.2, 0.25) is 5.91 Å². The molecule has 1 heterocycles. The van der Waals surface area contributed by atoms with Crippen molar-refractivity contribution in [3.8, 4) is 5.75 Å². The molecular weight excluding hydrogens is 670 g/mol. The highest BCUT2D eigenvalue weighted by molar-refractivity contribution is 14.1. The number of hydrogen-bond donors (Lipinski definition) is 3. The first-order chi connectivity index (χ1) is 20.1. The number of nitrogens with zero attached hydrogens (tertiary/aromatic N) is 2. The van der Waals surface area contributed by atoms with Crippen LogP contribution in [0.3, 0.4) is 0 Å². The fourth-order valence-corrected chi connectivity index (χ4v) is 5.44. The summed E-state index contributed by atoms with van der Waals surface area (Å²) in [6.45, 7) is 2.65. The number of morpholine rings is 1. The molecular formula is C29H33F3IN3O6. The Morgan fingerprint density at radius 1 is 1.12 bits per heavy atom. The Balaban J connectivity index is 1.67. The number of hydrogen-bond acceptors (Lipinski definition) is 7. The van der Waals surface area contributed by atoms with Crippen molar-refractivity contribution < 1.29 is 42.4 Å². The number of carbonyl (C=O) groups excluding carboxylic acids is 2. The number of halogens is 4. The van der Waals surface area contributed by atoms with E-state index in [9.17, 15) is 33.0 Å². The molecule has 42 heavy (non-hydrogen) atoms. The number of para-hydroxylation sites is 1. The number of rotatable bonds is 10. The molecule has 0 aromatic heterocycles. The first kappa shape index (κ1) is 32.2. The van der Waals surface area contributed by atoms with Crippen molar-refractivity contribution in [1.82, 2.24) is 15.1 Å². The summed E-state index contributed by atoms with van der Waals surface area (Å²) in [7, 11) is 0. The maximum atomic E-state index is 13.9. The third kappa shape index (κ3) is 8.22. The quantitative estimate of drug-likeness (QED) is 0.327. The van der Waals surface area contributed by atoms with Gasteiger partial charge in [0.05, 0.1) is 35.0 Å². The van der Waals surface area contributed by atoms with E-state index >= 15 is 0 Å². The molecule has 2 aromatic rings. The van der Waals surface area contributed by atoms with Crippen LogP contribution in [0.4, 0.5) is 13.2 Å². The van der Waals surface area contributed by atoms with Gasteiger partial charge < -0.3 is 29.9 Å². The van der Waals surface area contributed by atoms with Gasteiger partial charge in [0.1, 0.15) is 18.0 Å². The zero-order valence-electron chi connectivity index (χ0n) is 22.7. The molecule has 2 amide bonds. The molecule has 1 aliphatic heterocycles. The van der Waals surface area contributed by atoms with Gasteiger partial charge in [-0.15, -0.1) is 0 Å². The van der Waals surface area contributed by atoms with Crippen molar-refractivity contribution >= 4 is 34.4 Å². The van der Waals surface area contributed by atoms with E-state index in [1.165, 1.54) is 11.0 Å². The van der Waals surface area contributed by atoms with Gasteiger partial charge in [0.15, 0.2) is 0 Å². The van der Waals surface area contributed by atoms with Crippen molar-refractivity contribution in [3.05, 3.63) is 74.9 Å². The summed E-state index contributed by atoms with van der Waals surface area (Å²) >= 11 is 2.09. The van der Waals surface area contributed by atoms with Crippen molar-refractivity contribution in [1.29, 1.82) is 0 Å². The number of amides is 2. The number of aliphatic hydroxyl groups excluding tert-OH is 2. The van der Waals surface area contributed by atoms with E-state index in [1.54, 1.807) is 12.1 Å². The lowest BCUT2D eigenvalue weighted by atomic mass is 9.87. The van der Waals surface area contributed by atoms with Crippen LogP contribution in [-0.2, 0) is 15.7 Å². The number of nitrogens with one attached hydrogen (secondary N) is 1. The molecule has 0 saturated carbocycles. The van der Waals surface area contributed by atoms with Crippen LogP contribution in [0.25, 0.3) is 0 Å². The van der Waals surface area contributed by atoms with Crippen LogP contribution in [0, 0.1) is 3.57 Å². The maximum absolute atomic E-state index is 13.9. The standard InChI is InChI=1S/C29H33F3IN3O6/c30-29(31,32)21-7-5-19(6-8-21)28(40)36(11-10-35-12-15-41-16-13-35)23-17-20(27(39)34-9-14-37)18-25(26(23)38)42-24-4-2-1-3-22(24)33/h1-8,18,23,25-26,37-38H,9-17H2,(H,34,39). The van der Waals surface area contributed by atoms with Crippen molar-refractivity contribution in [3.63, 3.8) is 0 Å². The molecule has 13 heteroatoms. The fourth-order valence-electron chi connectivity index (χ4n) is 4.93. The largest absolute Gasteiger partial charge is 0.482 e. The van der Waals surface area contributed by atoms with Gasteiger partial charge in [-0.2, -0.15) is 13.2 Å². The summed E-state index contributed by atoms with van der Waals surface area (Å²) in [5.41, 5.74) is -0.604. The molecule has 0 radical (unpaired) electrons. The molecule has 2 aromatic carbocycles. The molecule has 2 aliphatic rings. The van der Waals surface area contributed by atoms with Crippen LogP contribution in [-0.4, -0.2) is 103 Å². The minimum atomic E-state index is -4.56. The Bertz CT molecular complexity index is 1250. The highest BCUT2D eigenvalue weighted by Gasteiger charge is 2.41. The second-order valence-corrected chi connectivity index (χ2v) is 11.1. The molecule has 4 rings (SSSR count). The SMILES string of the molecule is O=C(NCCO)C1=CC(Oc2ccccc2I)C(O)C(N(CCN2CCOCC2)C(=O)c2ccc(C(F)(F)F)cc2)C1. The highest BCUT2D eigenvalue weighted by atomic mass is 127. The summed E-state index contributed by atoms with van der Waals surface area (Å²) in [4.78, 5) is 30.4. The monoisotopic (exact) mass is 703 g/mol. The van der Waals surface area contributed by atoms with E-state index < -0.39 is 41.8 Å². The summed E-state index contributed by atoms with van der Waals surface area (Å²) < 4.78 is 51.9. The lowest BCUT2D eigenvalue weighted by Gasteiger charge is -2.41. The van der Waals surface area contributed by atoms with Gasteiger partial charge in [-0.05, 0) is 65.1 Å². The predicted octanol–water partition coefficient (Wildman–Crippen LogP) is 2.70. The fraction of sp³-hybridized carbons (Fsp3) is 0.448. The Hall–Kier alpha value is -2.72. The van der Waals surface area contributed by atoms with Gasteiger partial charge >= 0.3 is 6.18 Å². The molecule has 3 N–H and O–H groups in total. The van der Waals surface area contributed by atoms with Crippen molar-refractivity contribution in [2.24, 2.45) is 0 Å². The summed E-state index contributed by atoms with van der Waals surface area (Å²) in [6.07, 6.45) is -5.35. The lowest BCUT2D eigenvalue weighted by Crippen LogP contribution is -2.56. The Morgan fingerprint density at radius 2 is 1.81 bits per heavy atom. The Kier molecular flexibility index (Phi) is 11.2. The molecule has 0 spiro atoms. The third-order valence-corrected chi connectivity index (χ3v) is 8.09. The molecule has 3 atom stereocenters. The Labute approximate surface area is 255 Å². The summed E-state index contributed by atoms with van der Waals surface area (Å²) in [6, 6.07) is 10.1. The average molecular weight is 703 g/mol. The first-order valence-electron chi connectivity index (χ1n) is 13.6. The number of alkyl halides is 3. The third-order valence-electron chi connectivity index (χ3n) is 7.20. The van der Waals surface area contributed by atoms with Gasteiger partial charge in [0.25, 0.3) is 5.91 Å². The summed E-state index contributed by atoms with van der Waals surface area (Å²) in [5, 5.41) is 23.4. The van der Waals surface area contributed by atoms with Gasteiger partial charge in [-0.25, -0.2) is 0 Å². The lowest BCUT2D eigenvalue weighted by molar-refractivity contribution is -0.137. The van der Waals surface area contributed by atoms with Crippen LogP contribution >= 0.6 is 22.6 Å². The number of benzene rings is 2. The van der Waals surface area contributed by atoms with E-state index in [0.717, 1.165) is 27.8 Å². The van der Waals surface area contributed by atoms with Gasteiger partial charge in [-0.3, -0.25) is 14.5 Å². The zero-order valence-corrected chi connectivity index (χ0v) is 24.9. The molecule has 1 saturated heterocycles. The topological polar surface area (TPSA) is 112 Å². The van der Waals surface area contributed by atoms with Crippen LogP contribution in [0.5, 0.6) is 5.75 Å². The molecule has 3 unspecified atom stereocenters. The van der Waals surface area contributed by atoms with Gasteiger partial charge in [0, 0.05) is 50.3 Å². The Morgan fingerprint density at radius 3 is 2.45 bits per heavy atom. The van der Waals surface area contributed by atoms with Crippen LogP contribution < -0.4 is 10.1 Å². The molecule has 9 nitrogen and oxygen atoms in total. The van der Waals surface area contributed by atoms with E-state index in [0.29, 0.717) is 38.6 Å². The highest BCUT2D eigenvalue weighted by Crippen LogP contribution is 2.32. The van der Waals surface area contributed by atoms with E-state index in [2.05, 4.69) is 32.8 Å². The number of ether oxygens (including phenoxy) is 2. The van der Waals surface area contributed by atoms with Crippen LogP contribution in [0.2, 0.25) is 0 Å². The predicted molar refractivity (Wildman–Crippen MR) is 156 cm³/mol. The minimum Gasteiger partial charge on any atom is -0.482 e. The van der Waals surface area contributed by atoms with E-state index in [-0.39, 0.29) is 37.3 Å². The molecule has 0 bridgehead atoms. The molecule has 1 fully saturated rings.